The van der Waals surface area contributed by atoms with Crippen molar-refractivity contribution in [3.05, 3.63) is 34.9 Å². The van der Waals surface area contributed by atoms with Crippen LogP contribution in [0.3, 0.4) is 0 Å². The van der Waals surface area contributed by atoms with Crippen LogP contribution in [-0.4, -0.2) is 27.8 Å². The van der Waals surface area contributed by atoms with Crippen LogP contribution in [0.1, 0.15) is 27.6 Å². The molecule has 0 bridgehead atoms. The van der Waals surface area contributed by atoms with Crippen LogP contribution in [0, 0.1) is 13.8 Å². The molecule has 0 atom stereocenters. The molecule has 0 unspecified atom stereocenters. The van der Waals surface area contributed by atoms with E-state index in [1.165, 1.54) is 4.68 Å². The van der Waals surface area contributed by atoms with E-state index >= 15 is 0 Å². The number of nitrogen functional groups attached to an aromatic ring is 1. The Morgan fingerprint density at radius 3 is 2.67 bits per heavy atom. The lowest BCUT2D eigenvalue weighted by molar-refractivity contribution is 0.0455. The molecular formula is C14H18N4O3. The quantitative estimate of drug-likeness (QED) is 0.855. The van der Waals surface area contributed by atoms with Gasteiger partial charge in [-0.3, -0.25) is 9.67 Å². The first-order valence-corrected chi connectivity index (χ1v) is 6.40. The second-order valence-corrected chi connectivity index (χ2v) is 4.69. The first-order chi connectivity index (χ1) is 9.92. The molecule has 0 amide bonds. The number of nitrogens with two attached hydrogens (primary N) is 1. The number of aryl methyl sites for hydroxylation is 3. The van der Waals surface area contributed by atoms with Gasteiger partial charge in [0.05, 0.1) is 24.2 Å². The van der Waals surface area contributed by atoms with Crippen molar-refractivity contribution in [1.29, 1.82) is 0 Å². The number of carbonyl (C=O) groups excluding carboxylic acids is 1. The van der Waals surface area contributed by atoms with E-state index in [9.17, 15) is 4.79 Å². The summed E-state index contributed by atoms with van der Waals surface area (Å²) in [4.78, 5) is 16.4. The fourth-order valence-corrected chi connectivity index (χ4v) is 2.02. The molecule has 0 aliphatic rings. The van der Waals surface area contributed by atoms with Crippen LogP contribution < -0.4 is 10.5 Å². The molecule has 0 spiro atoms. The smallest absolute Gasteiger partial charge is 0.359 e. The lowest BCUT2D eigenvalue weighted by Gasteiger charge is -2.08. The standard InChI is InChI=1S/C14H18N4O3/c1-8-5-11(20-4)6-10(16-8)7-21-14(19)13-12(15)9(2)17-18(13)3/h5-6H,7,15H2,1-4H3. The molecular weight excluding hydrogens is 272 g/mol. The molecule has 0 aliphatic heterocycles. The van der Waals surface area contributed by atoms with E-state index in [-0.39, 0.29) is 12.3 Å². The van der Waals surface area contributed by atoms with E-state index in [1.54, 1.807) is 33.2 Å². The number of hydrogen-bond donors (Lipinski definition) is 1. The third-order valence-corrected chi connectivity index (χ3v) is 3.03. The summed E-state index contributed by atoms with van der Waals surface area (Å²) < 4.78 is 11.8. The highest BCUT2D eigenvalue weighted by atomic mass is 16.5. The Kier molecular flexibility index (Phi) is 4.11. The average Bonchev–Trinajstić information content (AvgIpc) is 2.69. The Morgan fingerprint density at radius 1 is 1.38 bits per heavy atom. The van der Waals surface area contributed by atoms with Crippen molar-refractivity contribution in [3.63, 3.8) is 0 Å². The number of rotatable bonds is 4. The lowest BCUT2D eigenvalue weighted by atomic mass is 10.3. The molecule has 2 aromatic rings. The predicted octanol–water partition coefficient (Wildman–Crippen LogP) is 1.38. The number of methoxy groups -OCH3 is 1. The lowest BCUT2D eigenvalue weighted by Crippen LogP contribution is -2.13. The first kappa shape index (κ1) is 14.8. The van der Waals surface area contributed by atoms with Crippen molar-refractivity contribution in [2.24, 2.45) is 7.05 Å². The van der Waals surface area contributed by atoms with Crippen molar-refractivity contribution < 1.29 is 14.3 Å². The monoisotopic (exact) mass is 290 g/mol. The Bertz CT molecular complexity index is 679. The van der Waals surface area contributed by atoms with Crippen molar-refractivity contribution >= 4 is 11.7 Å². The predicted molar refractivity (Wildman–Crippen MR) is 77.0 cm³/mol. The fourth-order valence-electron chi connectivity index (χ4n) is 2.02. The molecule has 7 nitrogen and oxygen atoms in total. The van der Waals surface area contributed by atoms with Gasteiger partial charge in [0, 0.05) is 24.9 Å². The molecule has 0 saturated carbocycles. The number of pyridine rings is 1. The van der Waals surface area contributed by atoms with Crippen LogP contribution in [0.15, 0.2) is 12.1 Å². The molecule has 21 heavy (non-hydrogen) atoms. The third kappa shape index (κ3) is 3.13. The minimum absolute atomic E-state index is 0.0422. The average molecular weight is 290 g/mol. The maximum Gasteiger partial charge on any atom is 0.359 e. The summed E-state index contributed by atoms with van der Waals surface area (Å²) in [6.07, 6.45) is 0. The van der Waals surface area contributed by atoms with Gasteiger partial charge in [-0.25, -0.2) is 4.79 Å². The zero-order chi connectivity index (χ0) is 15.6. The van der Waals surface area contributed by atoms with Gasteiger partial charge in [-0.15, -0.1) is 0 Å². The number of esters is 1. The molecule has 0 fully saturated rings. The third-order valence-electron chi connectivity index (χ3n) is 3.03. The number of hydrogen-bond acceptors (Lipinski definition) is 6. The van der Waals surface area contributed by atoms with Crippen LogP contribution in [0.4, 0.5) is 5.69 Å². The van der Waals surface area contributed by atoms with Crippen LogP contribution in [0.2, 0.25) is 0 Å². The summed E-state index contributed by atoms with van der Waals surface area (Å²) in [6, 6.07) is 3.52. The highest BCUT2D eigenvalue weighted by molar-refractivity contribution is 5.93. The molecule has 2 rings (SSSR count). The Labute approximate surface area is 122 Å². The Morgan fingerprint density at radius 2 is 2.10 bits per heavy atom. The minimum Gasteiger partial charge on any atom is -0.497 e. The van der Waals surface area contributed by atoms with Gasteiger partial charge in [0.1, 0.15) is 12.4 Å². The maximum absolute atomic E-state index is 12.1. The SMILES string of the molecule is COc1cc(C)nc(COC(=O)c2c(N)c(C)nn2C)c1. The number of carbonyl (C=O) groups is 1. The summed E-state index contributed by atoms with van der Waals surface area (Å²) in [5.41, 5.74) is 8.39. The van der Waals surface area contributed by atoms with E-state index < -0.39 is 5.97 Å². The van der Waals surface area contributed by atoms with Crippen molar-refractivity contribution in [2.75, 3.05) is 12.8 Å². The summed E-state index contributed by atoms with van der Waals surface area (Å²) in [7, 11) is 3.22. The Balaban J connectivity index is 2.13. The number of anilines is 1. The van der Waals surface area contributed by atoms with E-state index in [0.717, 1.165) is 5.69 Å². The van der Waals surface area contributed by atoms with Crippen molar-refractivity contribution in [1.82, 2.24) is 14.8 Å². The fraction of sp³-hybridized carbons (Fsp3) is 0.357. The zero-order valence-corrected chi connectivity index (χ0v) is 12.5. The van der Waals surface area contributed by atoms with Gasteiger partial charge in [0.2, 0.25) is 0 Å². The molecule has 112 valence electrons. The summed E-state index contributed by atoms with van der Waals surface area (Å²) >= 11 is 0. The van der Waals surface area contributed by atoms with Crippen LogP contribution in [-0.2, 0) is 18.4 Å². The molecule has 2 N–H and O–H groups in total. The molecule has 2 aromatic heterocycles. The van der Waals surface area contributed by atoms with Crippen molar-refractivity contribution in [2.45, 2.75) is 20.5 Å². The highest BCUT2D eigenvalue weighted by Crippen LogP contribution is 2.18. The highest BCUT2D eigenvalue weighted by Gasteiger charge is 2.19. The Hall–Kier alpha value is -2.57. The largest absolute Gasteiger partial charge is 0.497 e. The van der Waals surface area contributed by atoms with Crippen LogP contribution in [0.25, 0.3) is 0 Å². The summed E-state index contributed by atoms with van der Waals surface area (Å²) in [5.74, 6) is 0.141. The number of ether oxygens (including phenoxy) is 2. The summed E-state index contributed by atoms with van der Waals surface area (Å²) in [5, 5.41) is 4.08. The maximum atomic E-state index is 12.1. The van der Waals surface area contributed by atoms with Gasteiger partial charge < -0.3 is 15.2 Å². The van der Waals surface area contributed by atoms with Crippen molar-refractivity contribution in [3.8, 4) is 5.75 Å². The van der Waals surface area contributed by atoms with Gasteiger partial charge in [-0.1, -0.05) is 0 Å². The molecule has 0 saturated heterocycles. The van der Waals surface area contributed by atoms with Gasteiger partial charge >= 0.3 is 5.97 Å². The van der Waals surface area contributed by atoms with E-state index in [1.807, 2.05) is 6.92 Å². The topological polar surface area (TPSA) is 92.3 Å². The van der Waals surface area contributed by atoms with Crippen LogP contribution in [0.5, 0.6) is 5.75 Å². The summed E-state index contributed by atoms with van der Waals surface area (Å²) in [6.45, 7) is 3.62. The molecule has 7 heteroatoms. The minimum atomic E-state index is -0.530. The van der Waals surface area contributed by atoms with Gasteiger partial charge in [-0.05, 0) is 13.8 Å². The molecule has 0 aromatic carbocycles. The van der Waals surface area contributed by atoms with E-state index in [0.29, 0.717) is 22.8 Å². The second kappa shape index (κ2) is 5.82. The van der Waals surface area contributed by atoms with E-state index in [4.69, 9.17) is 15.2 Å². The normalized spacial score (nSPS) is 10.5. The van der Waals surface area contributed by atoms with Gasteiger partial charge in [0.25, 0.3) is 0 Å². The number of nitrogens with zero attached hydrogens (tertiary/aromatic N) is 3. The van der Waals surface area contributed by atoms with Gasteiger partial charge in [0.15, 0.2) is 5.69 Å². The van der Waals surface area contributed by atoms with E-state index in [2.05, 4.69) is 10.1 Å². The number of aromatic nitrogens is 3. The molecule has 0 radical (unpaired) electrons. The molecule has 0 aliphatic carbocycles. The van der Waals surface area contributed by atoms with Gasteiger partial charge in [-0.2, -0.15) is 5.10 Å². The van der Waals surface area contributed by atoms with Crippen LogP contribution >= 0.6 is 0 Å². The molecule has 2 heterocycles. The second-order valence-electron chi connectivity index (χ2n) is 4.69. The zero-order valence-electron chi connectivity index (χ0n) is 12.5. The first-order valence-electron chi connectivity index (χ1n) is 6.40.